The summed E-state index contributed by atoms with van der Waals surface area (Å²) in [5.74, 6) is -1.09. The van der Waals surface area contributed by atoms with Gasteiger partial charge in [0, 0.05) is 5.25 Å². The molecule has 20 heavy (non-hydrogen) atoms. The Morgan fingerprint density at radius 3 is 1.70 bits per heavy atom. The number of hydrogen-bond acceptors (Lipinski definition) is 3. The van der Waals surface area contributed by atoms with Gasteiger partial charge in [0.05, 0.1) is 5.97 Å². The van der Waals surface area contributed by atoms with Crippen molar-refractivity contribution in [3.8, 4) is 0 Å². The molecule has 0 bridgehead atoms. The van der Waals surface area contributed by atoms with E-state index in [0.717, 1.165) is 0 Å². The average molecular weight is 395 g/mol. The molecule has 0 aromatic heterocycles. The van der Waals surface area contributed by atoms with Crippen LogP contribution in [0.4, 0.5) is 0 Å². The van der Waals surface area contributed by atoms with Gasteiger partial charge >= 0.3 is 89.3 Å². The molecule has 1 atom stereocenters. The molecule has 0 heterocycles. The van der Waals surface area contributed by atoms with Gasteiger partial charge < -0.3 is 9.90 Å². The Morgan fingerprint density at radius 2 is 1.45 bits per heavy atom. The van der Waals surface area contributed by atoms with Crippen LogP contribution in [0.25, 0.3) is 0 Å². The van der Waals surface area contributed by atoms with Gasteiger partial charge in [-0.15, -0.1) is 0 Å². The van der Waals surface area contributed by atoms with Gasteiger partial charge in [0.2, 0.25) is 0 Å². The second-order valence-corrected chi connectivity index (χ2v) is 8.24. The van der Waals surface area contributed by atoms with Gasteiger partial charge in [0.15, 0.2) is 0 Å². The fourth-order valence-electron chi connectivity index (χ4n) is 1.32. The summed E-state index contributed by atoms with van der Waals surface area (Å²) in [6.07, 6.45) is 0.519. The van der Waals surface area contributed by atoms with E-state index in [0.29, 0.717) is 6.42 Å². The number of carbonyl (C=O) groups excluding carboxylic acids is 1. The fraction of sp³-hybridized carbons (Fsp3) is 0.188. The van der Waals surface area contributed by atoms with Crippen molar-refractivity contribution in [2.45, 2.75) is 18.6 Å². The summed E-state index contributed by atoms with van der Waals surface area (Å²) in [6, 6.07) is 21.5. The van der Waals surface area contributed by atoms with E-state index in [1.165, 1.54) is 7.02 Å². The molecule has 104 valence electrons. The molecule has 0 spiro atoms. The Kier molecular flexibility index (Phi) is 8.48. The summed E-state index contributed by atoms with van der Waals surface area (Å²) in [6.45, 7) is 1.74. The van der Waals surface area contributed by atoms with Crippen molar-refractivity contribution >= 4 is 47.2 Å². The summed E-state index contributed by atoms with van der Waals surface area (Å²) in [4.78, 5) is 9.74. The van der Waals surface area contributed by atoms with Gasteiger partial charge in [-0.25, -0.2) is 0 Å². The molecule has 2 rings (SSSR count). The zero-order valence-corrected chi connectivity index (χ0v) is 14.7. The van der Waals surface area contributed by atoms with Crippen LogP contribution in [0.2, 0.25) is 0 Å². The van der Waals surface area contributed by atoms with Crippen molar-refractivity contribution in [3.05, 3.63) is 60.7 Å². The van der Waals surface area contributed by atoms with Gasteiger partial charge in [-0.05, 0) is 6.42 Å². The molecule has 0 aliphatic rings. The molecule has 1 unspecified atom stereocenters. The second kappa shape index (κ2) is 9.90. The summed E-state index contributed by atoms with van der Waals surface area (Å²) < 4.78 is 3.04. The molecule has 0 fully saturated rings. The molecule has 0 saturated heterocycles. The van der Waals surface area contributed by atoms with Crippen LogP contribution >= 0.6 is 12.6 Å². The van der Waals surface area contributed by atoms with Crippen molar-refractivity contribution in [3.63, 3.8) is 0 Å². The van der Waals surface area contributed by atoms with Crippen LogP contribution in [0.1, 0.15) is 13.3 Å². The number of carboxylic acids is 1. The number of thiol groups is 1. The van der Waals surface area contributed by atoms with E-state index in [4.69, 9.17) is 0 Å². The van der Waals surface area contributed by atoms with E-state index in [1.807, 2.05) is 0 Å². The van der Waals surface area contributed by atoms with E-state index in [2.05, 4.69) is 73.3 Å². The third kappa shape index (κ3) is 7.02. The molecule has 0 saturated carbocycles. The first-order valence-electron chi connectivity index (χ1n) is 6.34. The van der Waals surface area contributed by atoms with Crippen molar-refractivity contribution in [1.29, 1.82) is 0 Å². The molecule has 2 radical (unpaired) electrons. The molecule has 2 aromatic carbocycles. The number of aliphatic carboxylic acids is 1. The van der Waals surface area contributed by atoms with Crippen LogP contribution in [-0.2, 0) is 4.79 Å². The van der Waals surface area contributed by atoms with E-state index in [9.17, 15) is 9.90 Å². The minimum atomic E-state index is -1.09. The zero-order chi connectivity index (χ0) is 14.8. The van der Waals surface area contributed by atoms with E-state index >= 15 is 0 Å². The normalized spacial score (nSPS) is 11.1. The Hall–Kier alpha value is -0.922. The monoisotopic (exact) mass is 394 g/mol. The topological polar surface area (TPSA) is 40.1 Å². The molecule has 0 aliphatic heterocycles. The van der Waals surface area contributed by atoms with Crippen molar-refractivity contribution in [2.24, 2.45) is 0 Å². The predicted molar refractivity (Wildman–Crippen MR) is 86.0 cm³/mol. The van der Waals surface area contributed by atoms with Crippen LogP contribution in [0.3, 0.4) is 0 Å². The van der Waals surface area contributed by atoms with Crippen LogP contribution in [0, 0.1) is 0 Å². The van der Waals surface area contributed by atoms with Crippen molar-refractivity contribution < 1.29 is 9.90 Å². The number of benzene rings is 2. The van der Waals surface area contributed by atoms with Gasteiger partial charge in [0.25, 0.3) is 0 Å². The third-order valence-corrected chi connectivity index (χ3v) is 6.18. The molecule has 0 amide bonds. The Balaban J connectivity index is 0.000000246. The quantitative estimate of drug-likeness (QED) is 0.615. The number of rotatable bonds is 4. The predicted octanol–water partition coefficient (Wildman–Crippen LogP) is 0.786. The van der Waals surface area contributed by atoms with Crippen LogP contribution in [0.5, 0.6) is 0 Å². The summed E-state index contributed by atoms with van der Waals surface area (Å²) >= 11 is 3.33. The molecular formula is C16H17O2SSb. The van der Waals surface area contributed by atoms with E-state index in [-0.39, 0.29) is 21.6 Å². The Labute approximate surface area is 136 Å². The number of hydrogen-bond donors (Lipinski definition) is 1. The van der Waals surface area contributed by atoms with E-state index in [1.54, 1.807) is 6.92 Å². The summed E-state index contributed by atoms with van der Waals surface area (Å²) in [5.41, 5.74) is 0. The summed E-state index contributed by atoms with van der Waals surface area (Å²) in [7, 11) is 0. The van der Waals surface area contributed by atoms with Crippen molar-refractivity contribution in [2.75, 3.05) is 0 Å². The first-order valence-corrected chi connectivity index (χ1v) is 9.41. The van der Waals surface area contributed by atoms with Gasteiger partial charge in [-0.3, -0.25) is 0 Å². The first kappa shape index (κ1) is 17.1. The molecule has 4 heteroatoms. The van der Waals surface area contributed by atoms with Crippen molar-refractivity contribution in [1.82, 2.24) is 0 Å². The van der Waals surface area contributed by atoms with Gasteiger partial charge in [-0.1, -0.05) is 6.92 Å². The van der Waals surface area contributed by atoms with Gasteiger partial charge in [0.1, 0.15) is 0 Å². The maximum absolute atomic E-state index is 9.74. The molecular weight excluding hydrogens is 378 g/mol. The van der Waals surface area contributed by atoms with Crippen LogP contribution < -0.4 is 12.1 Å². The van der Waals surface area contributed by atoms with Crippen LogP contribution in [0.15, 0.2) is 60.7 Å². The minimum absolute atomic E-state index is 0.335. The first-order chi connectivity index (χ1) is 9.63. The molecule has 0 aliphatic carbocycles. The zero-order valence-electron chi connectivity index (χ0n) is 11.3. The number of carboxylic acid groups (broad SMARTS) is 1. The number of carbonyl (C=O) groups is 1. The maximum atomic E-state index is 9.74. The SMILES string of the molecule is CCC(S)C(=O)[O-].c1cc[c]([Sb+][c]2ccccc2)cc1. The standard InChI is InChI=1S/2C6H5.C4H8O2S.Sb/c2*1-2-4-6-5-3-1;1-2-3(7)4(5)6;/h2*1-5H;3,7H,2H2,1H3,(H,5,6);/q;;;+1/p-1. The Morgan fingerprint density at radius 1 is 1.05 bits per heavy atom. The van der Waals surface area contributed by atoms with Crippen LogP contribution in [-0.4, -0.2) is 32.8 Å². The van der Waals surface area contributed by atoms with E-state index < -0.39 is 11.2 Å². The molecule has 2 aromatic rings. The Bertz CT molecular complexity index is 465. The fourth-order valence-corrected chi connectivity index (χ4v) is 4.01. The summed E-state index contributed by atoms with van der Waals surface area (Å²) in [5, 5.41) is 9.15. The van der Waals surface area contributed by atoms with Gasteiger partial charge in [-0.2, -0.15) is 12.6 Å². The molecule has 0 N–H and O–H groups in total. The molecule has 2 nitrogen and oxygen atoms in total. The third-order valence-electron chi connectivity index (χ3n) is 2.43. The second-order valence-electron chi connectivity index (χ2n) is 4.03. The average Bonchev–Trinajstić information content (AvgIpc) is 2.49.